The molecule has 1 heterocycles. The van der Waals surface area contributed by atoms with E-state index in [1.54, 1.807) is 12.1 Å². The summed E-state index contributed by atoms with van der Waals surface area (Å²) in [6.07, 6.45) is 0. The van der Waals surface area contributed by atoms with Gasteiger partial charge in [-0.2, -0.15) is 0 Å². The van der Waals surface area contributed by atoms with Gasteiger partial charge in [0.25, 0.3) is 5.91 Å². The van der Waals surface area contributed by atoms with Gasteiger partial charge in [-0.1, -0.05) is 29.5 Å². The second kappa shape index (κ2) is 7.28. The number of aryl methyl sites for hydroxylation is 1. The number of aliphatic hydroxyl groups excluding tert-OH is 1. The maximum atomic E-state index is 12.0. The SMILES string of the molecule is Cc1ccc(C(=O)NCc2ccc(C#CCO)s2)cc1Cl. The van der Waals surface area contributed by atoms with Gasteiger partial charge in [0, 0.05) is 15.5 Å². The normalized spacial score (nSPS) is 9.86. The molecule has 2 aromatic rings. The highest BCUT2D eigenvalue weighted by atomic mass is 35.5. The van der Waals surface area contributed by atoms with Crippen LogP contribution in [0.1, 0.15) is 25.7 Å². The Bertz CT molecular complexity index is 713. The van der Waals surface area contributed by atoms with Gasteiger partial charge in [0.2, 0.25) is 0 Å². The largest absolute Gasteiger partial charge is 0.384 e. The van der Waals surface area contributed by atoms with Crippen molar-refractivity contribution in [2.24, 2.45) is 0 Å². The van der Waals surface area contributed by atoms with Crippen LogP contribution in [0.3, 0.4) is 0 Å². The summed E-state index contributed by atoms with van der Waals surface area (Å²) in [6, 6.07) is 9.03. The molecule has 1 aromatic heterocycles. The molecule has 0 saturated heterocycles. The number of hydrogen-bond donors (Lipinski definition) is 2. The molecule has 0 aliphatic carbocycles. The van der Waals surface area contributed by atoms with E-state index in [1.807, 2.05) is 25.1 Å². The summed E-state index contributed by atoms with van der Waals surface area (Å²) >= 11 is 7.50. The molecule has 5 heteroatoms. The predicted octanol–water partition coefficient (Wildman–Crippen LogP) is 2.98. The van der Waals surface area contributed by atoms with E-state index in [2.05, 4.69) is 17.2 Å². The van der Waals surface area contributed by atoms with Crippen LogP contribution in [0.2, 0.25) is 5.02 Å². The number of halogens is 1. The molecule has 2 rings (SSSR count). The van der Waals surface area contributed by atoms with Crippen molar-refractivity contribution < 1.29 is 9.90 Å². The van der Waals surface area contributed by atoms with Crippen molar-refractivity contribution in [3.8, 4) is 11.8 Å². The van der Waals surface area contributed by atoms with Gasteiger partial charge in [-0.05, 0) is 36.8 Å². The molecule has 3 nitrogen and oxygen atoms in total. The molecule has 1 aromatic carbocycles. The van der Waals surface area contributed by atoms with E-state index in [9.17, 15) is 4.79 Å². The van der Waals surface area contributed by atoms with Gasteiger partial charge in [0.1, 0.15) is 6.61 Å². The van der Waals surface area contributed by atoms with E-state index in [4.69, 9.17) is 16.7 Å². The average Bonchev–Trinajstić information content (AvgIpc) is 2.93. The summed E-state index contributed by atoms with van der Waals surface area (Å²) < 4.78 is 0. The summed E-state index contributed by atoms with van der Waals surface area (Å²) in [4.78, 5) is 13.9. The molecule has 0 saturated carbocycles. The molecule has 2 N–H and O–H groups in total. The molecule has 0 bridgehead atoms. The standard InChI is InChI=1S/C16H14ClNO2S/c1-11-4-5-12(9-15(11)17)16(20)18-10-14-7-6-13(21-14)3-2-8-19/h4-7,9,19H,8,10H2,1H3,(H,18,20). The lowest BCUT2D eigenvalue weighted by atomic mass is 10.1. The van der Waals surface area contributed by atoms with E-state index >= 15 is 0 Å². The van der Waals surface area contributed by atoms with Crippen molar-refractivity contribution in [2.45, 2.75) is 13.5 Å². The lowest BCUT2D eigenvalue weighted by Crippen LogP contribution is -2.22. The van der Waals surface area contributed by atoms with Crippen molar-refractivity contribution in [3.63, 3.8) is 0 Å². The number of aliphatic hydroxyl groups is 1. The molecule has 21 heavy (non-hydrogen) atoms. The molecule has 0 radical (unpaired) electrons. The number of nitrogens with one attached hydrogen (secondary N) is 1. The van der Waals surface area contributed by atoms with E-state index in [-0.39, 0.29) is 12.5 Å². The highest BCUT2D eigenvalue weighted by molar-refractivity contribution is 7.12. The van der Waals surface area contributed by atoms with E-state index < -0.39 is 0 Å². The summed E-state index contributed by atoms with van der Waals surface area (Å²) in [5, 5.41) is 12.1. The molecular formula is C16H14ClNO2S. The Morgan fingerprint density at radius 2 is 2.19 bits per heavy atom. The number of hydrogen-bond acceptors (Lipinski definition) is 3. The first-order valence-corrected chi connectivity index (χ1v) is 7.52. The highest BCUT2D eigenvalue weighted by Gasteiger charge is 2.07. The second-order valence-electron chi connectivity index (χ2n) is 4.37. The van der Waals surface area contributed by atoms with Crippen molar-refractivity contribution in [3.05, 3.63) is 56.2 Å². The van der Waals surface area contributed by atoms with Gasteiger partial charge in [-0.3, -0.25) is 4.79 Å². The highest BCUT2D eigenvalue weighted by Crippen LogP contribution is 2.18. The maximum absolute atomic E-state index is 12.0. The third kappa shape index (κ3) is 4.33. The Balaban J connectivity index is 1.97. The fraction of sp³-hybridized carbons (Fsp3) is 0.188. The lowest BCUT2D eigenvalue weighted by molar-refractivity contribution is 0.0951. The fourth-order valence-corrected chi connectivity index (χ4v) is 2.67. The molecule has 0 unspecified atom stereocenters. The molecule has 0 aliphatic heterocycles. The minimum absolute atomic E-state index is 0.155. The smallest absolute Gasteiger partial charge is 0.251 e. The second-order valence-corrected chi connectivity index (χ2v) is 5.95. The Hall–Kier alpha value is -1.80. The van der Waals surface area contributed by atoms with Crippen LogP contribution >= 0.6 is 22.9 Å². The Morgan fingerprint density at radius 1 is 1.38 bits per heavy atom. The summed E-state index contributed by atoms with van der Waals surface area (Å²) in [5.74, 6) is 5.27. The van der Waals surface area contributed by atoms with Gasteiger partial charge in [0.15, 0.2) is 0 Å². The Morgan fingerprint density at radius 3 is 2.90 bits per heavy atom. The summed E-state index contributed by atoms with van der Waals surface area (Å²) in [5.41, 5.74) is 1.49. The monoisotopic (exact) mass is 319 g/mol. The zero-order valence-corrected chi connectivity index (χ0v) is 13.0. The van der Waals surface area contributed by atoms with Crippen LogP contribution in [0.4, 0.5) is 0 Å². The van der Waals surface area contributed by atoms with Crippen molar-refractivity contribution in [2.75, 3.05) is 6.61 Å². The minimum Gasteiger partial charge on any atom is -0.384 e. The Labute approximate surface area is 132 Å². The zero-order valence-electron chi connectivity index (χ0n) is 11.4. The number of carbonyl (C=O) groups is 1. The molecule has 0 aliphatic rings. The first-order chi connectivity index (χ1) is 10.1. The number of carbonyl (C=O) groups excluding carboxylic acids is 1. The predicted molar refractivity (Wildman–Crippen MR) is 85.6 cm³/mol. The third-order valence-electron chi connectivity index (χ3n) is 2.81. The quantitative estimate of drug-likeness (QED) is 0.855. The zero-order chi connectivity index (χ0) is 15.2. The third-order valence-corrected chi connectivity index (χ3v) is 4.22. The van der Waals surface area contributed by atoms with Crippen LogP contribution in [0.15, 0.2) is 30.3 Å². The van der Waals surface area contributed by atoms with Crippen LogP contribution in [0.5, 0.6) is 0 Å². The van der Waals surface area contributed by atoms with Gasteiger partial charge in [-0.15, -0.1) is 11.3 Å². The first kappa shape index (κ1) is 15.6. The van der Waals surface area contributed by atoms with E-state index in [0.717, 1.165) is 15.3 Å². The van der Waals surface area contributed by atoms with Gasteiger partial charge < -0.3 is 10.4 Å². The van der Waals surface area contributed by atoms with Crippen molar-refractivity contribution in [1.82, 2.24) is 5.32 Å². The Kier molecular flexibility index (Phi) is 5.40. The maximum Gasteiger partial charge on any atom is 0.251 e. The molecule has 1 amide bonds. The number of rotatable bonds is 3. The lowest BCUT2D eigenvalue weighted by Gasteiger charge is -2.05. The van der Waals surface area contributed by atoms with Crippen LogP contribution in [-0.2, 0) is 6.54 Å². The van der Waals surface area contributed by atoms with Crippen LogP contribution < -0.4 is 5.32 Å². The first-order valence-electron chi connectivity index (χ1n) is 6.33. The van der Waals surface area contributed by atoms with Gasteiger partial charge in [-0.25, -0.2) is 0 Å². The number of thiophene rings is 1. The number of benzene rings is 1. The summed E-state index contributed by atoms with van der Waals surface area (Å²) in [6.45, 7) is 2.18. The average molecular weight is 320 g/mol. The number of amides is 1. The van der Waals surface area contributed by atoms with Crippen LogP contribution in [0.25, 0.3) is 0 Å². The van der Waals surface area contributed by atoms with Crippen LogP contribution in [-0.4, -0.2) is 17.6 Å². The molecule has 0 atom stereocenters. The fourth-order valence-electron chi connectivity index (χ4n) is 1.67. The molecule has 108 valence electrons. The summed E-state index contributed by atoms with van der Waals surface area (Å²) in [7, 11) is 0. The molecular weight excluding hydrogens is 306 g/mol. The van der Waals surface area contributed by atoms with Crippen LogP contribution in [0, 0.1) is 18.8 Å². The van der Waals surface area contributed by atoms with E-state index in [1.165, 1.54) is 11.3 Å². The van der Waals surface area contributed by atoms with Crippen molar-refractivity contribution >= 4 is 28.8 Å². The molecule has 0 spiro atoms. The minimum atomic E-state index is -0.159. The van der Waals surface area contributed by atoms with Gasteiger partial charge >= 0.3 is 0 Å². The van der Waals surface area contributed by atoms with Crippen molar-refractivity contribution in [1.29, 1.82) is 0 Å². The van der Waals surface area contributed by atoms with Gasteiger partial charge in [0.05, 0.1) is 11.4 Å². The topological polar surface area (TPSA) is 49.3 Å². The molecule has 0 fully saturated rings. The van der Waals surface area contributed by atoms with E-state index in [0.29, 0.717) is 17.1 Å².